The normalized spacial score (nSPS) is 12.5. The number of urea groups is 1. The van der Waals surface area contributed by atoms with Crippen LogP contribution in [0.2, 0.25) is 0 Å². The summed E-state index contributed by atoms with van der Waals surface area (Å²) in [6.07, 6.45) is 0.0352. The minimum Gasteiger partial charge on any atom is -0.388 e. The molecule has 90 valence electrons. The Morgan fingerprint density at radius 1 is 1.56 bits per heavy atom. The van der Waals surface area contributed by atoms with Crippen molar-refractivity contribution in [1.29, 1.82) is 0 Å². The number of nitrogens with one attached hydrogen (secondary N) is 2. The number of amides is 2. The molecular weight excluding hydrogens is 224 g/mol. The monoisotopic (exact) mass is 242 g/mol. The molecule has 1 unspecified atom stereocenters. The van der Waals surface area contributed by atoms with E-state index in [0.29, 0.717) is 13.0 Å². The SMILES string of the molecule is CC(C)NC(=O)NCCC(O)c1ccsc1. The third kappa shape index (κ3) is 4.63. The third-order valence-electron chi connectivity index (χ3n) is 2.05. The van der Waals surface area contributed by atoms with Crippen molar-refractivity contribution in [3.63, 3.8) is 0 Å². The molecule has 1 aromatic heterocycles. The van der Waals surface area contributed by atoms with Gasteiger partial charge in [-0.2, -0.15) is 11.3 Å². The molecule has 0 saturated carbocycles. The Labute approximate surface area is 99.7 Å². The molecule has 0 fully saturated rings. The van der Waals surface area contributed by atoms with E-state index < -0.39 is 6.10 Å². The van der Waals surface area contributed by atoms with Crippen LogP contribution >= 0.6 is 11.3 Å². The molecule has 1 rings (SSSR count). The van der Waals surface area contributed by atoms with Crippen LogP contribution in [0.3, 0.4) is 0 Å². The number of hydrogen-bond acceptors (Lipinski definition) is 3. The first kappa shape index (κ1) is 13.0. The molecule has 3 N–H and O–H groups in total. The van der Waals surface area contributed by atoms with Gasteiger partial charge in [0.05, 0.1) is 6.10 Å². The van der Waals surface area contributed by atoms with E-state index in [1.807, 2.05) is 30.7 Å². The van der Waals surface area contributed by atoms with Crippen molar-refractivity contribution in [3.8, 4) is 0 Å². The van der Waals surface area contributed by atoms with Crippen LogP contribution in [0, 0.1) is 0 Å². The van der Waals surface area contributed by atoms with Crippen molar-refractivity contribution in [2.24, 2.45) is 0 Å². The highest BCUT2D eigenvalue weighted by Gasteiger charge is 2.08. The molecule has 16 heavy (non-hydrogen) atoms. The summed E-state index contributed by atoms with van der Waals surface area (Å²) in [5, 5.41) is 19.0. The molecule has 5 heteroatoms. The van der Waals surface area contributed by atoms with Gasteiger partial charge in [0.1, 0.15) is 0 Å². The summed E-state index contributed by atoms with van der Waals surface area (Å²) in [4.78, 5) is 11.2. The van der Waals surface area contributed by atoms with Gasteiger partial charge in [-0.3, -0.25) is 0 Å². The molecule has 2 amide bonds. The number of aliphatic hydroxyl groups is 1. The summed E-state index contributed by atoms with van der Waals surface area (Å²) in [5.41, 5.74) is 0.913. The smallest absolute Gasteiger partial charge is 0.314 e. The number of hydrogen-bond donors (Lipinski definition) is 3. The van der Waals surface area contributed by atoms with Crippen molar-refractivity contribution < 1.29 is 9.90 Å². The largest absolute Gasteiger partial charge is 0.388 e. The molecule has 0 bridgehead atoms. The Balaban J connectivity index is 2.18. The minimum absolute atomic E-state index is 0.127. The van der Waals surface area contributed by atoms with Gasteiger partial charge in [0, 0.05) is 12.6 Å². The number of thiophene rings is 1. The molecule has 1 aromatic rings. The standard InChI is InChI=1S/C11H18N2O2S/c1-8(2)13-11(15)12-5-3-10(14)9-4-6-16-7-9/h4,6-8,10,14H,3,5H2,1-2H3,(H2,12,13,15). The van der Waals surface area contributed by atoms with E-state index in [1.165, 1.54) is 0 Å². The van der Waals surface area contributed by atoms with Gasteiger partial charge in [-0.15, -0.1) is 0 Å². The van der Waals surface area contributed by atoms with E-state index in [-0.39, 0.29) is 12.1 Å². The van der Waals surface area contributed by atoms with Crippen molar-refractivity contribution >= 4 is 17.4 Å². The topological polar surface area (TPSA) is 61.4 Å². The van der Waals surface area contributed by atoms with E-state index in [4.69, 9.17) is 0 Å². The van der Waals surface area contributed by atoms with Crippen LogP contribution in [0.5, 0.6) is 0 Å². The fourth-order valence-electron chi connectivity index (χ4n) is 1.27. The summed E-state index contributed by atoms with van der Waals surface area (Å²) in [7, 11) is 0. The zero-order valence-corrected chi connectivity index (χ0v) is 10.4. The number of carbonyl (C=O) groups is 1. The van der Waals surface area contributed by atoms with Crippen LogP contribution in [-0.4, -0.2) is 23.7 Å². The van der Waals surface area contributed by atoms with Crippen LogP contribution < -0.4 is 10.6 Å². The van der Waals surface area contributed by atoms with E-state index in [0.717, 1.165) is 5.56 Å². The highest BCUT2D eigenvalue weighted by Crippen LogP contribution is 2.18. The quantitative estimate of drug-likeness (QED) is 0.738. The van der Waals surface area contributed by atoms with Crippen LogP contribution in [0.1, 0.15) is 31.9 Å². The van der Waals surface area contributed by atoms with Gasteiger partial charge in [0.15, 0.2) is 0 Å². The van der Waals surface area contributed by atoms with Crippen molar-refractivity contribution in [1.82, 2.24) is 10.6 Å². The van der Waals surface area contributed by atoms with Crippen LogP contribution in [0.25, 0.3) is 0 Å². The Morgan fingerprint density at radius 2 is 2.31 bits per heavy atom. The zero-order chi connectivity index (χ0) is 12.0. The average Bonchev–Trinajstić information content (AvgIpc) is 2.68. The molecule has 1 heterocycles. The number of carbonyl (C=O) groups excluding carboxylic acids is 1. The van der Waals surface area contributed by atoms with Gasteiger partial charge in [-0.25, -0.2) is 4.79 Å². The summed E-state index contributed by atoms with van der Waals surface area (Å²) in [6.45, 7) is 4.27. The Bertz CT molecular complexity index is 312. The van der Waals surface area contributed by atoms with Gasteiger partial charge < -0.3 is 15.7 Å². The lowest BCUT2D eigenvalue weighted by atomic mass is 10.1. The predicted octanol–water partition coefficient (Wildman–Crippen LogP) is 1.88. The van der Waals surface area contributed by atoms with Gasteiger partial charge in [0.2, 0.25) is 0 Å². The molecule has 0 radical (unpaired) electrons. The zero-order valence-electron chi connectivity index (χ0n) is 9.56. The van der Waals surface area contributed by atoms with Crippen molar-refractivity contribution in [3.05, 3.63) is 22.4 Å². The Kier molecular flexibility index (Phi) is 5.28. The van der Waals surface area contributed by atoms with Crippen molar-refractivity contribution in [2.45, 2.75) is 32.4 Å². The number of rotatable bonds is 5. The lowest BCUT2D eigenvalue weighted by Crippen LogP contribution is -2.40. The lowest BCUT2D eigenvalue weighted by Gasteiger charge is -2.12. The fraction of sp³-hybridized carbons (Fsp3) is 0.545. The van der Waals surface area contributed by atoms with E-state index >= 15 is 0 Å². The molecule has 4 nitrogen and oxygen atoms in total. The van der Waals surface area contributed by atoms with Gasteiger partial charge in [0.25, 0.3) is 0 Å². The van der Waals surface area contributed by atoms with Crippen LogP contribution in [0.4, 0.5) is 4.79 Å². The average molecular weight is 242 g/mol. The molecule has 0 aliphatic carbocycles. The maximum absolute atomic E-state index is 11.2. The first-order valence-electron chi connectivity index (χ1n) is 5.34. The first-order chi connectivity index (χ1) is 7.59. The third-order valence-corrected chi connectivity index (χ3v) is 2.75. The molecule has 0 aliphatic rings. The lowest BCUT2D eigenvalue weighted by molar-refractivity contribution is 0.167. The second-order valence-corrected chi connectivity index (χ2v) is 4.70. The van der Waals surface area contributed by atoms with E-state index in [2.05, 4.69) is 10.6 Å². The summed E-state index contributed by atoms with van der Waals surface area (Å²) in [6, 6.07) is 1.83. The fourth-order valence-corrected chi connectivity index (χ4v) is 1.97. The highest BCUT2D eigenvalue weighted by molar-refractivity contribution is 7.07. The summed E-state index contributed by atoms with van der Waals surface area (Å²) >= 11 is 1.56. The maximum atomic E-state index is 11.2. The Hall–Kier alpha value is -1.07. The molecule has 0 spiro atoms. The van der Waals surface area contributed by atoms with Crippen LogP contribution in [-0.2, 0) is 0 Å². The predicted molar refractivity (Wildman–Crippen MR) is 65.6 cm³/mol. The first-order valence-corrected chi connectivity index (χ1v) is 6.28. The second kappa shape index (κ2) is 6.50. The summed E-state index contributed by atoms with van der Waals surface area (Å²) < 4.78 is 0. The van der Waals surface area contributed by atoms with Crippen molar-refractivity contribution in [2.75, 3.05) is 6.54 Å². The summed E-state index contributed by atoms with van der Waals surface area (Å²) in [5.74, 6) is 0. The highest BCUT2D eigenvalue weighted by atomic mass is 32.1. The van der Waals surface area contributed by atoms with Gasteiger partial charge in [-0.05, 0) is 42.7 Å². The van der Waals surface area contributed by atoms with E-state index in [9.17, 15) is 9.90 Å². The van der Waals surface area contributed by atoms with E-state index in [1.54, 1.807) is 11.3 Å². The van der Waals surface area contributed by atoms with Crippen LogP contribution in [0.15, 0.2) is 16.8 Å². The molecule has 0 aromatic carbocycles. The molecule has 0 saturated heterocycles. The van der Waals surface area contributed by atoms with Gasteiger partial charge >= 0.3 is 6.03 Å². The maximum Gasteiger partial charge on any atom is 0.314 e. The molecular formula is C11H18N2O2S. The Morgan fingerprint density at radius 3 is 2.88 bits per heavy atom. The minimum atomic E-state index is -0.495. The molecule has 0 aliphatic heterocycles. The number of aliphatic hydroxyl groups excluding tert-OH is 1. The van der Waals surface area contributed by atoms with Gasteiger partial charge in [-0.1, -0.05) is 0 Å². The molecule has 1 atom stereocenters. The second-order valence-electron chi connectivity index (χ2n) is 3.92.